The van der Waals surface area contributed by atoms with Crippen LogP contribution in [0.3, 0.4) is 0 Å². The molecule has 1 aromatic rings. The predicted molar refractivity (Wildman–Crippen MR) is 101 cm³/mol. The molecule has 0 unspecified atom stereocenters. The fraction of sp³-hybridized carbons (Fsp3) is 0.571. The van der Waals surface area contributed by atoms with Crippen molar-refractivity contribution in [1.82, 2.24) is 15.1 Å². The van der Waals surface area contributed by atoms with Gasteiger partial charge >= 0.3 is 0 Å². The molecule has 2 heterocycles. The van der Waals surface area contributed by atoms with Crippen molar-refractivity contribution in [3.05, 3.63) is 35.6 Å². The molecule has 3 amide bonds. The smallest absolute Gasteiger partial charge is 0.254 e. The summed E-state index contributed by atoms with van der Waals surface area (Å²) in [7, 11) is 0. The second kappa shape index (κ2) is 7.89. The number of fused-ring (bicyclic) bond motifs is 1. The highest BCUT2D eigenvalue weighted by Gasteiger charge is 2.44. The number of rotatable bonds is 3. The lowest BCUT2D eigenvalue weighted by Gasteiger charge is -2.45. The number of halogens is 1. The Labute approximate surface area is 164 Å². The Morgan fingerprint density at radius 3 is 2.68 bits per heavy atom. The highest BCUT2D eigenvalue weighted by molar-refractivity contribution is 5.99. The number of carbonyl (C=O) groups excluding carboxylic acids is 3. The zero-order valence-electron chi connectivity index (χ0n) is 15.9. The first kappa shape index (κ1) is 18.9. The second-order valence-electron chi connectivity index (χ2n) is 8.11. The number of carbonyl (C=O) groups is 3. The van der Waals surface area contributed by atoms with Gasteiger partial charge in [0.1, 0.15) is 17.9 Å². The molecular formula is C21H26FN3O3. The minimum atomic E-state index is -0.665. The van der Waals surface area contributed by atoms with Crippen molar-refractivity contribution in [3.63, 3.8) is 0 Å². The predicted octanol–water partition coefficient (Wildman–Crippen LogP) is 1.95. The average molecular weight is 387 g/mol. The van der Waals surface area contributed by atoms with Crippen molar-refractivity contribution < 1.29 is 18.8 Å². The Kier molecular flexibility index (Phi) is 5.33. The number of nitrogens with one attached hydrogen (secondary N) is 1. The Morgan fingerprint density at radius 1 is 1.14 bits per heavy atom. The Bertz CT molecular complexity index is 778. The van der Waals surface area contributed by atoms with Crippen LogP contribution in [0.2, 0.25) is 0 Å². The van der Waals surface area contributed by atoms with Crippen LogP contribution in [-0.4, -0.2) is 59.2 Å². The fourth-order valence-corrected chi connectivity index (χ4v) is 4.71. The van der Waals surface area contributed by atoms with E-state index < -0.39 is 17.9 Å². The van der Waals surface area contributed by atoms with Crippen LogP contribution in [0.4, 0.5) is 4.39 Å². The molecule has 1 saturated carbocycles. The van der Waals surface area contributed by atoms with Crippen molar-refractivity contribution in [2.24, 2.45) is 5.92 Å². The largest absolute Gasteiger partial charge is 0.342 e. The van der Waals surface area contributed by atoms with Gasteiger partial charge in [-0.1, -0.05) is 38.2 Å². The van der Waals surface area contributed by atoms with E-state index in [1.165, 1.54) is 42.4 Å². The fourth-order valence-electron chi connectivity index (χ4n) is 4.71. The number of hydrogen-bond acceptors (Lipinski definition) is 3. The molecule has 1 aliphatic carbocycles. The van der Waals surface area contributed by atoms with Crippen molar-refractivity contribution in [2.75, 3.05) is 19.6 Å². The number of piperazine rings is 2. The van der Waals surface area contributed by atoms with E-state index in [1.54, 1.807) is 11.0 Å². The molecule has 2 atom stereocenters. The summed E-state index contributed by atoms with van der Waals surface area (Å²) in [5.74, 6) is -0.523. The van der Waals surface area contributed by atoms with Gasteiger partial charge in [0.15, 0.2) is 0 Å². The van der Waals surface area contributed by atoms with Crippen molar-refractivity contribution in [1.29, 1.82) is 0 Å². The molecule has 0 aromatic heterocycles. The molecule has 28 heavy (non-hydrogen) atoms. The van der Waals surface area contributed by atoms with Gasteiger partial charge in [0.05, 0.1) is 6.54 Å². The van der Waals surface area contributed by atoms with Crippen LogP contribution in [0.5, 0.6) is 0 Å². The Hall–Kier alpha value is -2.44. The molecule has 1 N–H and O–H groups in total. The molecular weight excluding hydrogens is 361 g/mol. The first-order valence-corrected chi connectivity index (χ1v) is 10.2. The molecule has 6 nitrogen and oxygen atoms in total. The summed E-state index contributed by atoms with van der Waals surface area (Å²) in [6, 6.07) is 4.42. The quantitative estimate of drug-likeness (QED) is 0.862. The summed E-state index contributed by atoms with van der Waals surface area (Å²) in [4.78, 5) is 41.4. The lowest BCUT2D eigenvalue weighted by molar-refractivity contribution is -0.152. The maximum absolute atomic E-state index is 13.4. The van der Waals surface area contributed by atoms with Crippen LogP contribution in [0, 0.1) is 11.7 Å². The van der Waals surface area contributed by atoms with Gasteiger partial charge in [-0.3, -0.25) is 14.4 Å². The lowest BCUT2D eigenvalue weighted by Crippen LogP contribution is -2.69. The minimum absolute atomic E-state index is 0.0342. The molecule has 7 heteroatoms. The van der Waals surface area contributed by atoms with Gasteiger partial charge in [0, 0.05) is 18.7 Å². The van der Waals surface area contributed by atoms with E-state index in [-0.39, 0.29) is 29.8 Å². The summed E-state index contributed by atoms with van der Waals surface area (Å²) in [5, 5.41) is 2.89. The average Bonchev–Trinajstić information content (AvgIpc) is 2.71. The summed E-state index contributed by atoms with van der Waals surface area (Å²) < 4.78 is 13.4. The highest BCUT2D eigenvalue weighted by Crippen LogP contribution is 2.29. The number of nitrogens with zero attached hydrogens (tertiary/aromatic N) is 2. The zero-order valence-corrected chi connectivity index (χ0v) is 15.9. The van der Waals surface area contributed by atoms with Crippen LogP contribution >= 0.6 is 0 Å². The maximum atomic E-state index is 13.4. The van der Waals surface area contributed by atoms with Crippen LogP contribution < -0.4 is 5.32 Å². The monoisotopic (exact) mass is 387 g/mol. The van der Waals surface area contributed by atoms with Crippen molar-refractivity contribution in [2.45, 2.75) is 50.6 Å². The highest BCUT2D eigenvalue weighted by atomic mass is 19.1. The van der Waals surface area contributed by atoms with Crippen LogP contribution in [0.25, 0.3) is 0 Å². The molecule has 1 aromatic carbocycles. The van der Waals surface area contributed by atoms with Crippen LogP contribution in [0.1, 0.15) is 48.9 Å². The molecule has 150 valence electrons. The number of amides is 3. The summed E-state index contributed by atoms with van der Waals surface area (Å²) in [6.45, 7) is 0.823. The zero-order chi connectivity index (χ0) is 19.7. The van der Waals surface area contributed by atoms with Gasteiger partial charge in [0.25, 0.3) is 5.91 Å². The molecule has 3 fully saturated rings. The van der Waals surface area contributed by atoms with Gasteiger partial charge in [0.2, 0.25) is 11.8 Å². The van der Waals surface area contributed by atoms with Gasteiger partial charge in [-0.15, -0.1) is 0 Å². The van der Waals surface area contributed by atoms with E-state index >= 15 is 0 Å². The van der Waals surface area contributed by atoms with E-state index in [0.29, 0.717) is 25.4 Å². The van der Waals surface area contributed by atoms with E-state index in [2.05, 4.69) is 5.32 Å². The minimum Gasteiger partial charge on any atom is -0.342 e. The molecule has 2 saturated heterocycles. The van der Waals surface area contributed by atoms with Crippen LogP contribution in [-0.2, 0) is 9.59 Å². The molecule has 0 spiro atoms. The summed E-state index contributed by atoms with van der Waals surface area (Å²) in [5.41, 5.74) is 0.256. The Balaban J connectivity index is 1.42. The van der Waals surface area contributed by atoms with E-state index in [4.69, 9.17) is 0 Å². The molecule has 4 rings (SSSR count). The third-order valence-corrected chi connectivity index (χ3v) is 6.23. The topological polar surface area (TPSA) is 69.7 Å². The number of hydrogen-bond donors (Lipinski definition) is 1. The van der Waals surface area contributed by atoms with Crippen molar-refractivity contribution >= 4 is 17.7 Å². The number of benzene rings is 1. The first-order valence-electron chi connectivity index (χ1n) is 10.2. The molecule has 2 aliphatic heterocycles. The summed E-state index contributed by atoms with van der Waals surface area (Å²) in [6.07, 6.45) is 6.61. The normalized spacial score (nSPS) is 26.0. The third-order valence-electron chi connectivity index (χ3n) is 6.23. The lowest BCUT2D eigenvalue weighted by atomic mass is 9.84. The summed E-state index contributed by atoms with van der Waals surface area (Å²) >= 11 is 0. The van der Waals surface area contributed by atoms with Gasteiger partial charge < -0.3 is 15.1 Å². The second-order valence-corrected chi connectivity index (χ2v) is 8.11. The van der Waals surface area contributed by atoms with Crippen LogP contribution in [0.15, 0.2) is 24.3 Å². The molecule has 3 aliphatic rings. The first-order chi connectivity index (χ1) is 13.5. The maximum Gasteiger partial charge on any atom is 0.254 e. The van der Waals surface area contributed by atoms with Gasteiger partial charge in [-0.25, -0.2) is 4.39 Å². The SMILES string of the molecule is O=C1N[C@@H](CC2CCCCC2)C(=O)N2CCN(C(=O)c3cccc(F)c3)C[C@H]12. The third kappa shape index (κ3) is 3.75. The molecule has 0 radical (unpaired) electrons. The Morgan fingerprint density at radius 2 is 1.93 bits per heavy atom. The van der Waals surface area contributed by atoms with Crippen molar-refractivity contribution in [3.8, 4) is 0 Å². The molecule has 0 bridgehead atoms. The standard InChI is InChI=1S/C21H26FN3O3/c22-16-8-4-7-15(12-16)20(27)24-9-10-25-18(13-24)19(26)23-17(21(25)28)11-14-5-2-1-3-6-14/h4,7-8,12,14,17-18H,1-3,5-6,9-11,13H2,(H,23,26)/t17-,18+/m0/s1. The van der Waals surface area contributed by atoms with E-state index in [1.807, 2.05) is 0 Å². The van der Waals surface area contributed by atoms with E-state index in [9.17, 15) is 18.8 Å². The van der Waals surface area contributed by atoms with Gasteiger partial charge in [-0.05, 0) is 30.5 Å². The van der Waals surface area contributed by atoms with E-state index in [0.717, 1.165) is 12.8 Å². The van der Waals surface area contributed by atoms with Gasteiger partial charge in [-0.2, -0.15) is 0 Å².